The molecule has 0 saturated heterocycles. The first-order chi connectivity index (χ1) is 5.18. The minimum absolute atomic E-state index is 0.977. The van der Waals surface area contributed by atoms with Crippen LogP contribution in [-0.4, -0.2) is 24.5 Å². The summed E-state index contributed by atoms with van der Waals surface area (Å²) >= 11 is 3.37. The van der Waals surface area contributed by atoms with Crippen LogP contribution in [0, 0.1) is 0 Å². The summed E-state index contributed by atoms with van der Waals surface area (Å²) in [6, 6.07) is 0. The lowest BCUT2D eigenvalue weighted by Gasteiger charge is -2.25. The molecule has 0 saturated carbocycles. The van der Waals surface area contributed by atoms with E-state index in [2.05, 4.69) is 40.4 Å². The van der Waals surface area contributed by atoms with E-state index in [4.69, 9.17) is 0 Å². The highest BCUT2D eigenvalue weighted by atomic mass is 79.9. The summed E-state index contributed by atoms with van der Waals surface area (Å²) in [6.45, 7) is 9.26. The van der Waals surface area contributed by atoms with E-state index in [1.807, 2.05) is 0 Å². The molecule has 0 amide bonds. The highest BCUT2D eigenvalue weighted by molar-refractivity contribution is 9.11. The first kappa shape index (κ1) is 9.01. The van der Waals surface area contributed by atoms with Gasteiger partial charge in [-0.15, -0.1) is 0 Å². The highest BCUT2D eigenvalue weighted by Gasteiger charge is 2.08. The van der Waals surface area contributed by atoms with Crippen LogP contribution in [0.1, 0.15) is 13.3 Å². The molecular weight excluding hydrogens is 202 g/mol. The Morgan fingerprint density at radius 2 is 2.55 bits per heavy atom. The first-order valence-corrected chi connectivity index (χ1v) is 4.69. The fraction of sp³-hybridized carbons (Fsp3) is 0.556. The van der Waals surface area contributed by atoms with Crippen molar-refractivity contribution >= 4 is 15.9 Å². The largest absolute Gasteiger partial charge is 0.294 e. The van der Waals surface area contributed by atoms with E-state index >= 15 is 0 Å². The predicted octanol–water partition coefficient (Wildman–Crippen LogP) is 2.55. The molecule has 1 nitrogen and oxygen atoms in total. The molecule has 0 aromatic carbocycles. The van der Waals surface area contributed by atoms with Crippen LogP contribution in [0.25, 0.3) is 0 Å². The molecule has 62 valence electrons. The molecule has 0 aromatic heterocycles. The Bertz CT molecular complexity index is 184. The smallest absolute Gasteiger partial charge is 0.0297 e. The van der Waals surface area contributed by atoms with Crippen LogP contribution in [0.5, 0.6) is 0 Å². The molecule has 0 bridgehead atoms. The maximum absolute atomic E-state index is 3.83. The zero-order chi connectivity index (χ0) is 8.27. The molecule has 0 fully saturated rings. The van der Waals surface area contributed by atoms with Crippen molar-refractivity contribution in [3.63, 3.8) is 0 Å². The summed E-state index contributed by atoms with van der Waals surface area (Å²) in [5.41, 5.74) is 1.48. The molecule has 1 aliphatic rings. The molecule has 0 radical (unpaired) electrons. The molecule has 1 heterocycles. The van der Waals surface area contributed by atoms with Crippen LogP contribution in [-0.2, 0) is 0 Å². The van der Waals surface area contributed by atoms with Crippen LogP contribution < -0.4 is 0 Å². The quantitative estimate of drug-likeness (QED) is 0.641. The Morgan fingerprint density at radius 3 is 3.09 bits per heavy atom. The predicted molar refractivity (Wildman–Crippen MR) is 52.9 cm³/mol. The average Bonchev–Trinajstić information content (AvgIpc) is 1.85. The molecule has 0 atom stereocenters. The molecular formula is C9H14BrN. The van der Waals surface area contributed by atoms with Crippen molar-refractivity contribution in [3.05, 3.63) is 22.7 Å². The van der Waals surface area contributed by atoms with Gasteiger partial charge in [0.05, 0.1) is 0 Å². The first-order valence-electron chi connectivity index (χ1n) is 3.90. The molecule has 1 aliphatic heterocycles. The summed E-state index contributed by atoms with van der Waals surface area (Å²) in [5, 5.41) is 0. The van der Waals surface area contributed by atoms with Gasteiger partial charge >= 0.3 is 0 Å². The van der Waals surface area contributed by atoms with Crippen molar-refractivity contribution in [1.82, 2.24) is 4.90 Å². The van der Waals surface area contributed by atoms with Crippen molar-refractivity contribution < 1.29 is 0 Å². The SMILES string of the molecule is C=C(Br)CN1CCC=C(C)C1. The van der Waals surface area contributed by atoms with Crippen LogP contribution in [0.3, 0.4) is 0 Å². The van der Waals surface area contributed by atoms with Gasteiger partial charge in [0.15, 0.2) is 0 Å². The number of nitrogens with zero attached hydrogens (tertiary/aromatic N) is 1. The van der Waals surface area contributed by atoms with Gasteiger partial charge in [-0.3, -0.25) is 4.90 Å². The van der Waals surface area contributed by atoms with Crippen molar-refractivity contribution in [2.24, 2.45) is 0 Å². The summed E-state index contributed by atoms with van der Waals surface area (Å²) in [6.07, 6.45) is 3.50. The highest BCUT2D eigenvalue weighted by Crippen LogP contribution is 2.12. The second-order valence-corrected chi connectivity index (χ2v) is 4.19. The molecule has 0 spiro atoms. The lowest BCUT2D eigenvalue weighted by molar-refractivity contribution is 0.320. The summed E-state index contributed by atoms with van der Waals surface area (Å²) in [5.74, 6) is 0. The zero-order valence-corrected chi connectivity index (χ0v) is 8.52. The number of rotatable bonds is 2. The van der Waals surface area contributed by atoms with Crippen molar-refractivity contribution in [2.45, 2.75) is 13.3 Å². The van der Waals surface area contributed by atoms with E-state index in [-0.39, 0.29) is 0 Å². The van der Waals surface area contributed by atoms with Gasteiger partial charge in [-0.1, -0.05) is 34.2 Å². The third-order valence-electron chi connectivity index (χ3n) is 1.81. The second-order valence-electron chi connectivity index (χ2n) is 3.07. The molecule has 11 heavy (non-hydrogen) atoms. The Kier molecular flexibility index (Phi) is 3.34. The van der Waals surface area contributed by atoms with Crippen LogP contribution in [0.2, 0.25) is 0 Å². The van der Waals surface area contributed by atoms with Crippen molar-refractivity contribution in [1.29, 1.82) is 0 Å². The summed E-state index contributed by atoms with van der Waals surface area (Å²) in [7, 11) is 0. The van der Waals surface area contributed by atoms with Gasteiger partial charge in [0.2, 0.25) is 0 Å². The molecule has 0 unspecified atom stereocenters. The van der Waals surface area contributed by atoms with Crippen molar-refractivity contribution in [2.75, 3.05) is 19.6 Å². The van der Waals surface area contributed by atoms with Crippen molar-refractivity contribution in [3.8, 4) is 0 Å². The maximum atomic E-state index is 3.83. The van der Waals surface area contributed by atoms with Crippen LogP contribution in [0.4, 0.5) is 0 Å². The van der Waals surface area contributed by atoms with Gasteiger partial charge in [-0.25, -0.2) is 0 Å². The Labute approximate surface area is 76.9 Å². The van der Waals surface area contributed by atoms with Gasteiger partial charge in [-0.2, -0.15) is 0 Å². The lowest BCUT2D eigenvalue weighted by atomic mass is 10.1. The minimum atomic E-state index is 0.977. The van der Waals surface area contributed by atoms with Gasteiger partial charge in [0.1, 0.15) is 0 Å². The van der Waals surface area contributed by atoms with E-state index in [1.54, 1.807) is 0 Å². The van der Waals surface area contributed by atoms with E-state index in [0.717, 1.165) is 17.6 Å². The number of halogens is 1. The Balaban J connectivity index is 2.38. The standard InChI is InChI=1S/C9H14BrN/c1-8-4-3-5-11(6-8)7-9(2)10/h4H,2-3,5-7H2,1H3. The lowest BCUT2D eigenvalue weighted by Crippen LogP contribution is -2.30. The average molecular weight is 216 g/mol. The zero-order valence-electron chi connectivity index (χ0n) is 6.94. The molecule has 2 heteroatoms. The molecule has 1 rings (SSSR count). The van der Waals surface area contributed by atoms with Crippen LogP contribution in [0.15, 0.2) is 22.7 Å². The number of hydrogen-bond donors (Lipinski definition) is 0. The molecule has 0 aliphatic carbocycles. The fourth-order valence-electron chi connectivity index (χ4n) is 1.37. The third-order valence-corrected chi connectivity index (χ3v) is 2.06. The van der Waals surface area contributed by atoms with Crippen LogP contribution >= 0.6 is 15.9 Å². The monoisotopic (exact) mass is 215 g/mol. The van der Waals surface area contributed by atoms with Gasteiger partial charge in [-0.05, 0) is 13.3 Å². The number of hydrogen-bond acceptors (Lipinski definition) is 1. The van der Waals surface area contributed by atoms with E-state index in [9.17, 15) is 0 Å². The van der Waals surface area contributed by atoms with Gasteiger partial charge in [0, 0.05) is 24.1 Å². The van der Waals surface area contributed by atoms with Gasteiger partial charge < -0.3 is 0 Å². The van der Waals surface area contributed by atoms with E-state index < -0.39 is 0 Å². The van der Waals surface area contributed by atoms with E-state index in [0.29, 0.717) is 0 Å². The second kappa shape index (κ2) is 4.07. The maximum Gasteiger partial charge on any atom is 0.0297 e. The van der Waals surface area contributed by atoms with E-state index in [1.165, 1.54) is 18.5 Å². The molecule has 0 aromatic rings. The normalized spacial score (nSPS) is 19.6. The van der Waals surface area contributed by atoms with Gasteiger partial charge in [0.25, 0.3) is 0 Å². The minimum Gasteiger partial charge on any atom is -0.294 e. The topological polar surface area (TPSA) is 3.24 Å². The fourth-order valence-corrected chi connectivity index (χ4v) is 1.72. The Morgan fingerprint density at radius 1 is 1.82 bits per heavy atom. The summed E-state index contributed by atoms with van der Waals surface area (Å²) < 4.78 is 1.08. The molecule has 0 N–H and O–H groups in total. The third kappa shape index (κ3) is 3.21. The Hall–Kier alpha value is -0.0800. The summed E-state index contributed by atoms with van der Waals surface area (Å²) in [4.78, 5) is 2.40.